The molecule has 5 nitrogen and oxygen atoms in total. The number of aliphatic imine (C=N–C) groups is 1. The molecule has 100 valence electrons. The first-order chi connectivity index (χ1) is 9.81. The molecule has 1 atom stereocenters. The van der Waals surface area contributed by atoms with Crippen molar-refractivity contribution in [1.82, 2.24) is 15.5 Å². The van der Waals surface area contributed by atoms with Gasteiger partial charge in [-0.2, -0.15) is 5.10 Å². The average molecular weight is 265 g/mol. The number of hydrogen-bond acceptors (Lipinski definition) is 4. The Morgan fingerprint density at radius 2 is 2.20 bits per heavy atom. The van der Waals surface area contributed by atoms with Crippen LogP contribution in [0, 0.1) is 0 Å². The summed E-state index contributed by atoms with van der Waals surface area (Å²) in [4.78, 5) is 4.69. The predicted octanol–water partition coefficient (Wildman–Crippen LogP) is 1.78. The first kappa shape index (κ1) is 11.4. The summed E-state index contributed by atoms with van der Waals surface area (Å²) in [6.45, 7) is 0.948. The first-order valence-electron chi connectivity index (χ1n) is 6.73. The lowest BCUT2D eigenvalue weighted by molar-refractivity contribution is 1.10. The number of fused-ring (bicyclic) bond motifs is 1. The summed E-state index contributed by atoms with van der Waals surface area (Å²) in [5, 5.41) is 11.6. The standard InChI is InChI=1S/C15H15N5/c16-11(9-5-6-9)7-13(14-8-17-14)18-15-10-3-1-2-4-12(10)19-20-15/h1-5,7,14,17H,6,8,16H2,(H,19,20). The van der Waals surface area contributed by atoms with Crippen molar-refractivity contribution in [3.8, 4) is 0 Å². The molecule has 1 fully saturated rings. The molecule has 1 saturated heterocycles. The third kappa shape index (κ3) is 2.12. The van der Waals surface area contributed by atoms with E-state index in [1.165, 1.54) is 5.57 Å². The maximum Gasteiger partial charge on any atom is 0.181 e. The van der Waals surface area contributed by atoms with Crippen molar-refractivity contribution >= 4 is 22.4 Å². The molecule has 4 rings (SSSR count). The molecular weight excluding hydrogens is 250 g/mol. The SMILES string of the molecule is NC(=CC(=Nc1n[nH]c2ccccc12)C1CN1)C1=CC1. The summed E-state index contributed by atoms with van der Waals surface area (Å²) in [5.74, 6) is 0.720. The van der Waals surface area contributed by atoms with E-state index in [0.29, 0.717) is 6.04 Å². The highest BCUT2D eigenvalue weighted by Crippen LogP contribution is 2.26. The number of para-hydroxylation sites is 1. The maximum absolute atomic E-state index is 6.04. The van der Waals surface area contributed by atoms with E-state index >= 15 is 0 Å². The number of rotatable bonds is 4. The molecule has 1 aliphatic carbocycles. The van der Waals surface area contributed by atoms with Crippen LogP contribution in [-0.2, 0) is 0 Å². The van der Waals surface area contributed by atoms with E-state index in [9.17, 15) is 0 Å². The van der Waals surface area contributed by atoms with Gasteiger partial charge in [0.15, 0.2) is 5.82 Å². The second-order valence-corrected chi connectivity index (χ2v) is 5.12. The van der Waals surface area contributed by atoms with Crippen molar-refractivity contribution < 1.29 is 0 Å². The van der Waals surface area contributed by atoms with E-state index in [4.69, 9.17) is 5.73 Å². The summed E-state index contributed by atoms with van der Waals surface area (Å²) in [7, 11) is 0. The van der Waals surface area contributed by atoms with Gasteiger partial charge in [-0.25, -0.2) is 4.99 Å². The van der Waals surface area contributed by atoms with Gasteiger partial charge in [0.05, 0.1) is 17.3 Å². The minimum Gasteiger partial charge on any atom is -0.398 e. The van der Waals surface area contributed by atoms with E-state index in [2.05, 4.69) is 26.6 Å². The zero-order chi connectivity index (χ0) is 13.5. The third-order valence-electron chi connectivity index (χ3n) is 3.53. The number of allylic oxidation sites excluding steroid dienone is 2. The zero-order valence-corrected chi connectivity index (χ0v) is 10.9. The van der Waals surface area contributed by atoms with Gasteiger partial charge in [0.2, 0.25) is 0 Å². The van der Waals surface area contributed by atoms with Crippen LogP contribution >= 0.6 is 0 Å². The topological polar surface area (TPSA) is 89.0 Å². The van der Waals surface area contributed by atoms with E-state index in [1.54, 1.807) is 0 Å². The van der Waals surface area contributed by atoms with Crippen molar-refractivity contribution in [2.24, 2.45) is 10.7 Å². The zero-order valence-electron chi connectivity index (χ0n) is 10.9. The number of aromatic amines is 1. The van der Waals surface area contributed by atoms with E-state index < -0.39 is 0 Å². The molecule has 2 heterocycles. The molecule has 1 unspecified atom stereocenters. The molecule has 2 aliphatic rings. The lowest BCUT2D eigenvalue weighted by Gasteiger charge is -1.99. The molecule has 20 heavy (non-hydrogen) atoms. The van der Waals surface area contributed by atoms with Crippen LogP contribution in [0.25, 0.3) is 10.9 Å². The van der Waals surface area contributed by atoms with Crippen LogP contribution in [0.3, 0.4) is 0 Å². The van der Waals surface area contributed by atoms with Gasteiger partial charge < -0.3 is 11.1 Å². The summed E-state index contributed by atoms with van der Waals surface area (Å²) in [6.07, 6.45) is 5.08. The fourth-order valence-electron chi connectivity index (χ4n) is 2.17. The average Bonchev–Trinajstić information content (AvgIpc) is 3.36. The number of H-pyrrole nitrogens is 1. The highest BCUT2D eigenvalue weighted by atomic mass is 15.2. The van der Waals surface area contributed by atoms with Crippen LogP contribution in [0.15, 0.2) is 52.7 Å². The molecule has 2 aromatic rings. The molecule has 5 heteroatoms. The number of aromatic nitrogens is 2. The van der Waals surface area contributed by atoms with Crippen molar-refractivity contribution in [2.45, 2.75) is 12.5 Å². The third-order valence-corrected chi connectivity index (χ3v) is 3.53. The molecule has 4 N–H and O–H groups in total. The van der Waals surface area contributed by atoms with Crippen molar-refractivity contribution in [1.29, 1.82) is 0 Å². The van der Waals surface area contributed by atoms with Gasteiger partial charge in [0.25, 0.3) is 0 Å². The Bertz CT molecular complexity index is 761. The lowest BCUT2D eigenvalue weighted by atomic mass is 10.2. The Morgan fingerprint density at radius 1 is 1.40 bits per heavy atom. The number of nitrogens with zero attached hydrogens (tertiary/aromatic N) is 2. The van der Waals surface area contributed by atoms with Gasteiger partial charge in [-0.3, -0.25) is 5.10 Å². The summed E-state index contributed by atoms with van der Waals surface area (Å²) < 4.78 is 0. The van der Waals surface area contributed by atoms with Crippen LogP contribution in [0.5, 0.6) is 0 Å². The lowest BCUT2D eigenvalue weighted by Crippen LogP contribution is -2.10. The molecule has 0 amide bonds. The van der Waals surface area contributed by atoms with Gasteiger partial charge in [-0.15, -0.1) is 0 Å². The fourth-order valence-corrected chi connectivity index (χ4v) is 2.17. The van der Waals surface area contributed by atoms with Crippen LogP contribution in [0.1, 0.15) is 6.42 Å². The number of benzene rings is 1. The molecule has 0 saturated carbocycles. The molecular formula is C15H15N5. The van der Waals surface area contributed by atoms with E-state index in [-0.39, 0.29) is 0 Å². The molecule has 0 bridgehead atoms. The van der Waals surface area contributed by atoms with Crippen molar-refractivity contribution in [3.63, 3.8) is 0 Å². The van der Waals surface area contributed by atoms with Crippen LogP contribution in [0.2, 0.25) is 0 Å². The van der Waals surface area contributed by atoms with Crippen molar-refractivity contribution in [3.05, 3.63) is 47.7 Å². The summed E-state index contributed by atoms with van der Waals surface area (Å²) in [5.41, 5.74) is 10.0. The van der Waals surface area contributed by atoms with Crippen molar-refractivity contribution in [2.75, 3.05) is 6.54 Å². The molecule has 1 aromatic carbocycles. The van der Waals surface area contributed by atoms with Crippen LogP contribution in [-0.4, -0.2) is 28.5 Å². The second-order valence-electron chi connectivity index (χ2n) is 5.12. The quantitative estimate of drug-likeness (QED) is 0.581. The first-order valence-corrected chi connectivity index (χ1v) is 6.73. The molecule has 1 aliphatic heterocycles. The highest BCUT2D eigenvalue weighted by molar-refractivity contribution is 6.05. The van der Waals surface area contributed by atoms with Crippen LogP contribution in [0.4, 0.5) is 5.82 Å². The Labute approximate surface area is 116 Å². The van der Waals surface area contributed by atoms with Gasteiger partial charge in [-0.1, -0.05) is 18.2 Å². The summed E-state index contributed by atoms with van der Waals surface area (Å²) in [6, 6.07) is 8.28. The summed E-state index contributed by atoms with van der Waals surface area (Å²) >= 11 is 0. The predicted molar refractivity (Wildman–Crippen MR) is 79.9 cm³/mol. The smallest absolute Gasteiger partial charge is 0.181 e. The van der Waals surface area contributed by atoms with Crippen LogP contribution < -0.4 is 11.1 Å². The highest BCUT2D eigenvalue weighted by Gasteiger charge is 2.26. The molecule has 0 radical (unpaired) electrons. The van der Waals surface area contributed by atoms with Gasteiger partial charge in [0.1, 0.15) is 0 Å². The monoisotopic (exact) mass is 265 g/mol. The maximum atomic E-state index is 6.04. The molecule has 1 aromatic heterocycles. The van der Waals surface area contributed by atoms with Gasteiger partial charge in [-0.05, 0) is 30.2 Å². The minimum absolute atomic E-state index is 0.295. The van der Waals surface area contributed by atoms with E-state index in [1.807, 2.05) is 30.3 Å². The Balaban J connectivity index is 1.75. The Morgan fingerprint density at radius 3 is 2.95 bits per heavy atom. The number of hydrogen-bond donors (Lipinski definition) is 3. The minimum atomic E-state index is 0.295. The van der Waals surface area contributed by atoms with Gasteiger partial charge in [0, 0.05) is 17.6 Å². The Hall–Kier alpha value is -2.40. The number of nitrogens with one attached hydrogen (secondary N) is 2. The van der Waals surface area contributed by atoms with E-state index in [0.717, 1.165) is 41.1 Å². The fraction of sp³-hybridized carbons (Fsp3) is 0.200. The largest absolute Gasteiger partial charge is 0.398 e. The number of nitrogens with two attached hydrogens (primary N) is 1. The Kier molecular flexibility index (Phi) is 2.47. The second kappa shape index (κ2) is 4.31. The van der Waals surface area contributed by atoms with Gasteiger partial charge >= 0.3 is 0 Å². The molecule has 0 spiro atoms. The normalized spacial score (nSPS) is 22.0.